The second-order valence-electron chi connectivity index (χ2n) is 7.07. The zero-order chi connectivity index (χ0) is 21.6. The van der Waals surface area contributed by atoms with Crippen LogP contribution in [0.4, 0.5) is 5.69 Å². The van der Waals surface area contributed by atoms with Gasteiger partial charge in [0.05, 0.1) is 30.6 Å². The standard InChI is InChI=1S/C21H26N4O4S/c1-16-6-7-20-18(12-16)14-22-25(20)10-8-21(26)24-19-5-3-4-17(13-19)15-30(27,28)23-9-11-29-2/h3-7,12-14,23H,8-11,15H2,1-2H3,(H,24,26). The summed E-state index contributed by atoms with van der Waals surface area (Å²) in [5, 5.41) is 8.22. The molecule has 1 heterocycles. The summed E-state index contributed by atoms with van der Waals surface area (Å²) < 4.78 is 33.3. The van der Waals surface area contributed by atoms with Crippen molar-refractivity contribution in [3.63, 3.8) is 0 Å². The summed E-state index contributed by atoms with van der Waals surface area (Å²) in [7, 11) is -1.96. The predicted octanol–water partition coefficient (Wildman–Crippen LogP) is 2.44. The Hall–Kier alpha value is -2.75. The number of fused-ring (bicyclic) bond motifs is 1. The molecule has 160 valence electrons. The number of amides is 1. The number of carbonyl (C=O) groups is 1. The van der Waals surface area contributed by atoms with Crippen molar-refractivity contribution in [3.8, 4) is 0 Å². The van der Waals surface area contributed by atoms with E-state index < -0.39 is 10.0 Å². The summed E-state index contributed by atoms with van der Waals surface area (Å²) in [6, 6.07) is 12.9. The molecule has 0 fully saturated rings. The zero-order valence-electron chi connectivity index (χ0n) is 17.1. The molecule has 0 aliphatic heterocycles. The SMILES string of the molecule is COCCNS(=O)(=O)Cc1cccc(NC(=O)CCn2ncc3cc(C)ccc32)c1. The molecule has 1 aromatic heterocycles. The Balaban J connectivity index is 1.57. The van der Waals surface area contributed by atoms with Crippen molar-refractivity contribution in [2.75, 3.05) is 25.6 Å². The Morgan fingerprint density at radius 3 is 2.83 bits per heavy atom. The van der Waals surface area contributed by atoms with Crippen molar-refractivity contribution in [1.29, 1.82) is 0 Å². The molecule has 3 rings (SSSR count). The van der Waals surface area contributed by atoms with Crippen molar-refractivity contribution < 1.29 is 17.9 Å². The summed E-state index contributed by atoms with van der Waals surface area (Å²) in [5.74, 6) is -0.331. The number of aryl methyl sites for hydroxylation is 2. The Bertz CT molecular complexity index is 1120. The molecule has 30 heavy (non-hydrogen) atoms. The van der Waals surface area contributed by atoms with E-state index in [-0.39, 0.29) is 24.6 Å². The maximum Gasteiger partial charge on any atom is 0.226 e. The van der Waals surface area contributed by atoms with E-state index in [2.05, 4.69) is 21.2 Å². The van der Waals surface area contributed by atoms with Gasteiger partial charge in [-0.05, 0) is 36.8 Å². The number of anilines is 1. The largest absolute Gasteiger partial charge is 0.383 e. The Morgan fingerprint density at radius 1 is 1.20 bits per heavy atom. The van der Waals surface area contributed by atoms with Crippen LogP contribution in [0.3, 0.4) is 0 Å². The second-order valence-corrected chi connectivity index (χ2v) is 8.88. The number of methoxy groups -OCH3 is 1. The van der Waals surface area contributed by atoms with Crippen LogP contribution in [0.2, 0.25) is 0 Å². The lowest BCUT2D eigenvalue weighted by atomic mass is 10.2. The Labute approximate surface area is 176 Å². The highest BCUT2D eigenvalue weighted by molar-refractivity contribution is 7.88. The first-order valence-electron chi connectivity index (χ1n) is 9.63. The first kappa shape index (κ1) is 21.9. The van der Waals surface area contributed by atoms with E-state index >= 15 is 0 Å². The number of carbonyl (C=O) groups excluding carboxylic acids is 1. The van der Waals surface area contributed by atoms with Gasteiger partial charge in [-0.15, -0.1) is 0 Å². The lowest BCUT2D eigenvalue weighted by Crippen LogP contribution is -2.28. The summed E-state index contributed by atoms with van der Waals surface area (Å²) in [6.07, 6.45) is 2.05. The van der Waals surface area contributed by atoms with E-state index in [4.69, 9.17) is 4.74 Å². The van der Waals surface area contributed by atoms with Crippen LogP contribution in [-0.4, -0.2) is 44.4 Å². The van der Waals surface area contributed by atoms with Gasteiger partial charge in [0, 0.05) is 31.1 Å². The van der Waals surface area contributed by atoms with Gasteiger partial charge in [-0.2, -0.15) is 5.10 Å². The Morgan fingerprint density at radius 2 is 2.03 bits per heavy atom. The third-order valence-electron chi connectivity index (χ3n) is 4.54. The quantitative estimate of drug-likeness (QED) is 0.481. The number of benzene rings is 2. The number of nitrogens with one attached hydrogen (secondary N) is 2. The summed E-state index contributed by atoms with van der Waals surface area (Å²) >= 11 is 0. The van der Waals surface area contributed by atoms with E-state index in [9.17, 15) is 13.2 Å². The molecule has 0 spiro atoms. The van der Waals surface area contributed by atoms with Crippen LogP contribution in [0.5, 0.6) is 0 Å². The molecular weight excluding hydrogens is 404 g/mol. The molecular formula is C21H26N4O4S. The van der Waals surface area contributed by atoms with Crippen LogP contribution in [0, 0.1) is 6.92 Å². The van der Waals surface area contributed by atoms with E-state index in [1.165, 1.54) is 7.11 Å². The van der Waals surface area contributed by atoms with Crippen molar-refractivity contribution in [1.82, 2.24) is 14.5 Å². The molecule has 0 aliphatic carbocycles. The number of hydrogen-bond acceptors (Lipinski definition) is 5. The van der Waals surface area contributed by atoms with Gasteiger partial charge in [-0.3, -0.25) is 9.48 Å². The minimum Gasteiger partial charge on any atom is -0.383 e. The van der Waals surface area contributed by atoms with Crippen molar-refractivity contribution in [3.05, 3.63) is 59.8 Å². The number of sulfonamides is 1. The fourth-order valence-corrected chi connectivity index (χ4v) is 4.24. The van der Waals surface area contributed by atoms with Gasteiger partial charge in [0.2, 0.25) is 15.9 Å². The maximum atomic E-state index is 12.4. The van der Waals surface area contributed by atoms with Gasteiger partial charge >= 0.3 is 0 Å². The molecule has 0 bridgehead atoms. The van der Waals surface area contributed by atoms with Crippen molar-refractivity contribution >= 4 is 32.5 Å². The highest BCUT2D eigenvalue weighted by Crippen LogP contribution is 2.16. The molecule has 0 saturated heterocycles. The average Bonchev–Trinajstić information content (AvgIpc) is 3.08. The number of ether oxygens (including phenoxy) is 1. The third-order valence-corrected chi connectivity index (χ3v) is 5.90. The van der Waals surface area contributed by atoms with Gasteiger partial charge in [-0.1, -0.05) is 23.8 Å². The molecule has 0 radical (unpaired) electrons. The van der Waals surface area contributed by atoms with Crippen LogP contribution < -0.4 is 10.0 Å². The van der Waals surface area contributed by atoms with E-state index in [1.54, 1.807) is 30.5 Å². The van der Waals surface area contributed by atoms with Crippen LogP contribution in [-0.2, 0) is 31.9 Å². The first-order chi connectivity index (χ1) is 14.4. The fraction of sp³-hybridized carbons (Fsp3) is 0.333. The predicted molar refractivity (Wildman–Crippen MR) is 117 cm³/mol. The number of aromatic nitrogens is 2. The highest BCUT2D eigenvalue weighted by Gasteiger charge is 2.12. The molecule has 2 N–H and O–H groups in total. The minimum atomic E-state index is -3.47. The van der Waals surface area contributed by atoms with Crippen LogP contribution in [0.25, 0.3) is 10.9 Å². The smallest absolute Gasteiger partial charge is 0.226 e. The fourth-order valence-electron chi connectivity index (χ4n) is 3.12. The molecule has 0 unspecified atom stereocenters. The topological polar surface area (TPSA) is 102 Å². The van der Waals surface area contributed by atoms with E-state index in [1.807, 2.05) is 23.7 Å². The first-order valence-corrected chi connectivity index (χ1v) is 11.3. The monoisotopic (exact) mass is 430 g/mol. The van der Waals surface area contributed by atoms with Gasteiger partial charge in [-0.25, -0.2) is 13.1 Å². The van der Waals surface area contributed by atoms with Crippen LogP contribution in [0.15, 0.2) is 48.7 Å². The van der Waals surface area contributed by atoms with E-state index in [0.717, 1.165) is 16.5 Å². The third kappa shape index (κ3) is 6.12. The lowest BCUT2D eigenvalue weighted by Gasteiger charge is -2.09. The molecule has 9 heteroatoms. The maximum absolute atomic E-state index is 12.4. The van der Waals surface area contributed by atoms with Crippen molar-refractivity contribution in [2.24, 2.45) is 0 Å². The van der Waals surface area contributed by atoms with Gasteiger partial charge in [0.1, 0.15) is 0 Å². The summed E-state index contributed by atoms with van der Waals surface area (Å²) in [4.78, 5) is 12.4. The molecule has 0 aliphatic rings. The lowest BCUT2D eigenvalue weighted by molar-refractivity contribution is -0.116. The zero-order valence-corrected chi connectivity index (χ0v) is 17.9. The molecule has 2 aromatic carbocycles. The second kappa shape index (κ2) is 9.84. The van der Waals surface area contributed by atoms with Crippen LogP contribution >= 0.6 is 0 Å². The van der Waals surface area contributed by atoms with Crippen molar-refractivity contribution in [2.45, 2.75) is 25.6 Å². The molecule has 0 atom stereocenters. The number of rotatable bonds is 10. The summed E-state index contributed by atoms with van der Waals surface area (Å²) in [5.41, 5.74) is 3.30. The normalized spacial score (nSPS) is 11.7. The summed E-state index contributed by atoms with van der Waals surface area (Å²) in [6.45, 7) is 3.01. The molecule has 3 aromatic rings. The van der Waals surface area contributed by atoms with Crippen LogP contribution in [0.1, 0.15) is 17.5 Å². The number of nitrogens with zero attached hydrogens (tertiary/aromatic N) is 2. The minimum absolute atomic E-state index is 0.163. The average molecular weight is 431 g/mol. The van der Waals surface area contributed by atoms with Gasteiger partial charge < -0.3 is 10.1 Å². The molecule has 8 nitrogen and oxygen atoms in total. The van der Waals surface area contributed by atoms with Gasteiger partial charge in [0.25, 0.3) is 0 Å². The molecule has 1 amide bonds. The van der Waals surface area contributed by atoms with E-state index in [0.29, 0.717) is 24.4 Å². The number of hydrogen-bond donors (Lipinski definition) is 2. The Kier molecular flexibility index (Phi) is 7.20. The highest BCUT2D eigenvalue weighted by atomic mass is 32.2. The van der Waals surface area contributed by atoms with Gasteiger partial charge in [0.15, 0.2) is 0 Å². The molecule has 0 saturated carbocycles.